The molecule has 0 unspecified atom stereocenters. The lowest BCUT2D eigenvalue weighted by molar-refractivity contribution is -0.146. The zero-order valence-corrected chi connectivity index (χ0v) is 8.04. The van der Waals surface area contributed by atoms with Crippen LogP contribution in [-0.4, -0.2) is 22.0 Å². The van der Waals surface area contributed by atoms with E-state index in [0.29, 0.717) is 11.6 Å². The Bertz CT molecular complexity index is 494. The summed E-state index contributed by atoms with van der Waals surface area (Å²) in [4.78, 5) is 21.0. The Balaban J connectivity index is 2.97. The Hall–Kier alpha value is -2.61. The fourth-order valence-electron chi connectivity index (χ4n) is 0.985. The van der Waals surface area contributed by atoms with Crippen molar-refractivity contribution in [2.75, 3.05) is 0 Å². The predicted molar refractivity (Wildman–Crippen MR) is 54.4 cm³/mol. The molecule has 16 heavy (non-hydrogen) atoms. The molecule has 1 rings (SSSR count). The average molecular weight is 217 g/mol. The summed E-state index contributed by atoms with van der Waals surface area (Å²) in [5.74, 6) is -3.29. The van der Waals surface area contributed by atoms with Crippen LogP contribution in [0.2, 0.25) is 0 Å². The van der Waals surface area contributed by atoms with Crippen LogP contribution in [0, 0.1) is 11.3 Å². The zero-order valence-electron chi connectivity index (χ0n) is 8.04. The molecule has 5 heteroatoms. The molecule has 0 heterocycles. The number of hydrogen-bond acceptors (Lipinski definition) is 4. The molecular weight excluding hydrogens is 210 g/mol. The van der Waals surface area contributed by atoms with E-state index in [1.165, 1.54) is 24.3 Å². The van der Waals surface area contributed by atoms with Gasteiger partial charge in [0.25, 0.3) is 5.78 Å². The number of aliphatic hydroxyl groups is 1. The number of rotatable bonds is 3. The standard InChI is InChI=1S/C11H7NO4/c12-6-7-1-3-8(4-2-7)9(13)5-10(14)11(15)16/h1-5,13H,(H,15,16)/b9-5-. The normalized spacial score (nSPS) is 10.6. The number of carboxylic acids is 1. The molecule has 0 saturated carbocycles. The second kappa shape index (κ2) is 4.75. The van der Waals surface area contributed by atoms with Crippen molar-refractivity contribution in [3.8, 4) is 6.07 Å². The summed E-state index contributed by atoms with van der Waals surface area (Å²) in [6.07, 6.45) is 0.615. The second-order valence-corrected chi connectivity index (χ2v) is 2.89. The predicted octanol–water partition coefficient (Wildman–Crippen LogP) is 1.11. The van der Waals surface area contributed by atoms with E-state index in [4.69, 9.17) is 10.4 Å². The van der Waals surface area contributed by atoms with Crippen LogP contribution in [0.3, 0.4) is 0 Å². The number of ketones is 1. The first-order valence-corrected chi connectivity index (χ1v) is 4.23. The Morgan fingerprint density at radius 2 is 1.75 bits per heavy atom. The molecular formula is C11H7NO4. The van der Waals surface area contributed by atoms with Gasteiger partial charge in [-0.3, -0.25) is 4.79 Å². The fourth-order valence-corrected chi connectivity index (χ4v) is 0.985. The van der Waals surface area contributed by atoms with Gasteiger partial charge in [0.2, 0.25) is 0 Å². The number of benzene rings is 1. The number of carbonyl (C=O) groups is 2. The minimum absolute atomic E-state index is 0.272. The van der Waals surface area contributed by atoms with Crippen molar-refractivity contribution in [3.05, 3.63) is 41.5 Å². The van der Waals surface area contributed by atoms with Gasteiger partial charge in [0.05, 0.1) is 11.6 Å². The highest BCUT2D eigenvalue weighted by Crippen LogP contribution is 2.12. The Kier molecular flexibility index (Phi) is 3.41. The summed E-state index contributed by atoms with van der Waals surface area (Å²) in [5, 5.41) is 26.2. The lowest BCUT2D eigenvalue weighted by atomic mass is 10.1. The molecule has 0 bridgehead atoms. The Morgan fingerprint density at radius 1 is 1.19 bits per heavy atom. The SMILES string of the molecule is N#Cc1ccc(/C(O)=C/C(=O)C(=O)O)cc1. The van der Waals surface area contributed by atoms with Crippen LogP contribution >= 0.6 is 0 Å². The van der Waals surface area contributed by atoms with E-state index in [2.05, 4.69) is 0 Å². The van der Waals surface area contributed by atoms with E-state index < -0.39 is 17.5 Å². The molecule has 1 aromatic carbocycles. The highest BCUT2D eigenvalue weighted by atomic mass is 16.4. The third kappa shape index (κ3) is 2.69. The van der Waals surface area contributed by atoms with Gasteiger partial charge in [-0.2, -0.15) is 5.26 Å². The first-order chi connectivity index (χ1) is 7.54. The summed E-state index contributed by atoms with van der Waals surface area (Å²) in [7, 11) is 0. The van der Waals surface area contributed by atoms with Gasteiger partial charge in [0, 0.05) is 11.6 Å². The molecule has 0 aliphatic rings. The average Bonchev–Trinajstić information content (AvgIpc) is 2.28. The van der Waals surface area contributed by atoms with Gasteiger partial charge in [-0.05, 0) is 24.3 Å². The zero-order chi connectivity index (χ0) is 12.1. The Labute approximate surface area is 90.9 Å². The van der Waals surface area contributed by atoms with E-state index >= 15 is 0 Å². The summed E-state index contributed by atoms with van der Waals surface area (Å²) >= 11 is 0. The van der Waals surface area contributed by atoms with Gasteiger partial charge in [-0.1, -0.05) is 0 Å². The largest absolute Gasteiger partial charge is 0.507 e. The van der Waals surface area contributed by atoms with Gasteiger partial charge in [0.15, 0.2) is 0 Å². The lowest BCUT2D eigenvalue weighted by Gasteiger charge is -1.98. The monoisotopic (exact) mass is 217 g/mol. The van der Waals surface area contributed by atoms with Crippen molar-refractivity contribution < 1.29 is 19.8 Å². The first-order valence-electron chi connectivity index (χ1n) is 4.23. The maximum Gasteiger partial charge on any atom is 0.376 e. The molecule has 0 amide bonds. The van der Waals surface area contributed by atoms with Crippen LogP contribution in [0.4, 0.5) is 0 Å². The number of aliphatic carboxylic acids is 1. The minimum Gasteiger partial charge on any atom is -0.507 e. The number of carboxylic acid groups (broad SMARTS) is 1. The van der Waals surface area contributed by atoms with Crippen molar-refractivity contribution >= 4 is 17.5 Å². The highest BCUT2D eigenvalue weighted by molar-refractivity contribution is 6.38. The molecule has 0 radical (unpaired) electrons. The number of hydrogen-bond donors (Lipinski definition) is 2. The third-order valence-corrected chi connectivity index (χ3v) is 1.79. The second-order valence-electron chi connectivity index (χ2n) is 2.89. The van der Waals surface area contributed by atoms with E-state index in [-0.39, 0.29) is 5.56 Å². The van der Waals surface area contributed by atoms with Crippen LogP contribution in [-0.2, 0) is 9.59 Å². The minimum atomic E-state index is -1.64. The third-order valence-electron chi connectivity index (χ3n) is 1.79. The van der Waals surface area contributed by atoms with Crippen LogP contribution < -0.4 is 0 Å². The van der Waals surface area contributed by atoms with E-state index in [9.17, 15) is 14.7 Å². The molecule has 0 aromatic heterocycles. The quantitative estimate of drug-likeness (QED) is 0.449. The topological polar surface area (TPSA) is 98.4 Å². The molecule has 0 fully saturated rings. The van der Waals surface area contributed by atoms with Gasteiger partial charge in [-0.15, -0.1) is 0 Å². The summed E-state index contributed by atoms with van der Waals surface area (Å²) in [5.41, 5.74) is 0.676. The number of nitrogens with zero attached hydrogens (tertiary/aromatic N) is 1. The first kappa shape index (κ1) is 11.5. The summed E-state index contributed by atoms with van der Waals surface area (Å²) in [6.45, 7) is 0. The maximum atomic E-state index is 10.8. The van der Waals surface area contributed by atoms with Crippen LogP contribution in [0.25, 0.3) is 5.76 Å². The van der Waals surface area contributed by atoms with Crippen molar-refractivity contribution in [3.63, 3.8) is 0 Å². The van der Waals surface area contributed by atoms with E-state index in [1.54, 1.807) is 0 Å². The van der Waals surface area contributed by atoms with Gasteiger partial charge in [0.1, 0.15) is 5.76 Å². The van der Waals surface area contributed by atoms with Crippen molar-refractivity contribution in [1.82, 2.24) is 0 Å². The Morgan fingerprint density at radius 3 is 2.19 bits per heavy atom. The smallest absolute Gasteiger partial charge is 0.376 e. The summed E-state index contributed by atoms with van der Waals surface area (Å²) < 4.78 is 0. The number of carbonyl (C=O) groups excluding carboxylic acids is 1. The van der Waals surface area contributed by atoms with E-state index in [0.717, 1.165) is 0 Å². The molecule has 80 valence electrons. The molecule has 1 aromatic rings. The van der Waals surface area contributed by atoms with Crippen LogP contribution in [0.15, 0.2) is 30.3 Å². The maximum absolute atomic E-state index is 10.8. The van der Waals surface area contributed by atoms with Crippen molar-refractivity contribution in [2.45, 2.75) is 0 Å². The summed E-state index contributed by atoms with van der Waals surface area (Å²) in [6, 6.07) is 7.62. The molecule has 5 nitrogen and oxygen atoms in total. The van der Waals surface area contributed by atoms with Gasteiger partial charge < -0.3 is 10.2 Å². The van der Waals surface area contributed by atoms with E-state index in [1.807, 2.05) is 6.07 Å². The molecule has 0 aliphatic heterocycles. The highest BCUT2D eigenvalue weighted by Gasteiger charge is 2.10. The van der Waals surface area contributed by atoms with Crippen molar-refractivity contribution in [1.29, 1.82) is 5.26 Å². The van der Waals surface area contributed by atoms with Gasteiger partial charge >= 0.3 is 5.97 Å². The van der Waals surface area contributed by atoms with Crippen LogP contribution in [0.1, 0.15) is 11.1 Å². The van der Waals surface area contributed by atoms with Crippen molar-refractivity contribution in [2.24, 2.45) is 0 Å². The number of aliphatic hydroxyl groups excluding tert-OH is 1. The molecule has 0 saturated heterocycles. The molecule has 2 N–H and O–H groups in total. The molecule has 0 atom stereocenters. The fraction of sp³-hybridized carbons (Fsp3) is 0. The van der Waals surface area contributed by atoms with Gasteiger partial charge in [-0.25, -0.2) is 4.79 Å². The van der Waals surface area contributed by atoms with Crippen LogP contribution in [0.5, 0.6) is 0 Å². The lowest BCUT2D eigenvalue weighted by Crippen LogP contribution is -2.09. The molecule has 0 spiro atoms. The number of nitriles is 1. The molecule has 0 aliphatic carbocycles.